The molecule has 0 atom stereocenters. The summed E-state index contributed by atoms with van der Waals surface area (Å²) in [5.41, 5.74) is 1.03. The highest BCUT2D eigenvalue weighted by molar-refractivity contribution is 7.86. The van der Waals surface area contributed by atoms with E-state index in [9.17, 15) is 8.42 Å². The lowest BCUT2D eigenvalue weighted by Crippen LogP contribution is -2.32. The first kappa shape index (κ1) is 12.5. The fourth-order valence-electron chi connectivity index (χ4n) is 1.83. The Labute approximate surface area is 102 Å². The van der Waals surface area contributed by atoms with Crippen LogP contribution in [0.2, 0.25) is 0 Å². The van der Waals surface area contributed by atoms with Crippen LogP contribution in [0.25, 0.3) is 0 Å². The van der Waals surface area contributed by atoms with Crippen LogP contribution in [0, 0.1) is 6.92 Å². The first-order valence-electron chi connectivity index (χ1n) is 5.84. The molecule has 1 fully saturated rings. The van der Waals surface area contributed by atoms with E-state index in [2.05, 4.69) is 0 Å². The Kier molecular flexibility index (Phi) is 3.81. The maximum Gasteiger partial charge on any atom is 0.313 e. The van der Waals surface area contributed by atoms with Crippen molar-refractivity contribution in [1.29, 1.82) is 0 Å². The Morgan fingerprint density at radius 3 is 2.24 bits per heavy atom. The van der Waals surface area contributed by atoms with Gasteiger partial charge in [-0.25, -0.2) is 0 Å². The van der Waals surface area contributed by atoms with E-state index in [-0.39, 0.29) is 4.90 Å². The van der Waals surface area contributed by atoms with E-state index in [1.807, 2.05) is 6.92 Å². The SMILES string of the molecule is Cc1ccc(S(=O)(=O)ON2CCCCC2)cc1. The normalized spacial score (nSPS) is 18.2. The molecular weight excluding hydrogens is 238 g/mol. The maximum absolute atomic E-state index is 11.9. The van der Waals surface area contributed by atoms with Gasteiger partial charge in [0, 0.05) is 13.1 Å². The summed E-state index contributed by atoms with van der Waals surface area (Å²) in [6.45, 7) is 3.29. The van der Waals surface area contributed by atoms with Crippen molar-refractivity contribution in [3.05, 3.63) is 29.8 Å². The second kappa shape index (κ2) is 5.16. The number of aryl methyl sites for hydroxylation is 1. The minimum atomic E-state index is -3.65. The van der Waals surface area contributed by atoms with Gasteiger partial charge in [0.1, 0.15) is 0 Å². The lowest BCUT2D eigenvalue weighted by molar-refractivity contribution is -0.0654. The van der Waals surface area contributed by atoms with Crippen LogP contribution in [0.3, 0.4) is 0 Å². The monoisotopic (exact) mass is 255 g/mol. The van der Waals surface area contributed by atoms with Crippen molar-refractivity contribution < 1.29 is 12.7 Å². The van der Waals surface area contributed by atoms with Gasteiger partial charge in [-0.15, -0.1) is 0 Å². The van der Waals surface area contributed by atoms with Crippen molar-refractivity contribution in [1.82, 2.24) is 5.06 Å². The average molecular weight is 255 g/mol. The number of hydrogen-bond donors (Lipinski definition) is 0. The van der Waals surface area contributed by atoms with Crippen molar-refractivity contribution in [2.75, 3.05) is 13.1 Å². The van der Waals surface area contributed by atoms with Crippen molar-refractivity contribution in [3.8, 4) is 0 Å². The molecule has 94 valence electrons. The smallest absolute Gasteiger partial charge is 0.192 e. The highest BCUT2D eigenvalue weighted by Crippen LogP contribution is 2.17. The summed E-state index contributed by atoms with van der Waals surface area (Å²) in [4.78, 5) is 0.216. The summed E-state index contributed by atoms with van der Waals surface area (Å²) in [6, 6.07) is 6.70. The molecule has 1 aliphatic rings. The molecule has 0 radical (unpaired) electrons. The summed E-state index contributed by atoms with van der Waals surface area (Å²) in [7, 11) is -3.65. The molecular formula is C12H17NO3S. The Morgan fingerprint density at radius 1 is 1.06 bits per heavy atom. The van der Waals surface area contributed by atoms with Crippen LogP contribution in [-0.2, 0) is 14.4 Å². The fourth-order valence-corrected chi connectivity index (χ4v) is 2.81. The molecule has 0 aliphatic carbocycles. The molecule has 0 unspecified atom stereocenters. The molecule has 0 aromatic heterocycles. The summed E-state index contributed by atoms with van der Waals surface area (Å²) in [5.74, 6) is 0. The van der Waals surface area contributed by atoms with Crippen LogP contribution in [0.5, 0.6) is 0 Å². The topological polar surface area (TPSA) is 46.6 Å². The molecule has 0 spiro atoms. The third-order valence-electron chi connectivity index (χ3n) is 2.83. The number of nitrogens with zero attached hydrogens (tertiary/aromatic N) is 1. The predicted octanol–water partition coefficient (Wildman–Crippen LogP) is 2.10. The molecule has 17 heavy (non-hydrogen) atoms. The van der Waals surface area contributed by atoms with Gasteiger partial charge in [-0.2, -0.15) is 17.8 Å². The van der Waals surface area contributed by atoms with Gasteiger partial charge in [-0.1, -0.05) is 24.1 Å². The average Bonchev–Trinajstić information content (AvgIpc) is 2.30. The maximum atomic E-state index is 11.9. The minimum absolute atomic E-state index is 0.216. The van der Waals surface area contributed by atoms with Gasteiger partial charge >= 0.3 is 10.1 Å². The van der Waals surface area contributed by atoms with E-state index in [0.717, 1.165) is 24.8 Å². The van der Waals surface area contributed by atoms with Gasteiger partial charge in [0.25, 0.3) is 0 Å². The van der Waals surface area contributed by atoms with Crippen molar-refractivity contribution in [2.24, 2.45) is 0 Å². The predicted molar refractivity (Wildman–Crippen MR) is 64.9 cm³/mol. The lowest BCUT2D eigenvalue weighted by Gasteiger charge is -2.24. The quantitative estimate of drug-likeness (QED) is 0.830. The molecule has 1 saturated heterocycles. The molecule has 0 N–H and O–H groups in total. The van der Waals surface area contributed by atoms with Crippen LogP contribution in [0.15, 0.2) is 29.2 Å². The molecule has 2 rings (SSSR count). The van der Waals surface area contributed by atoms with Crippen molar-refractivity contribution in [3.63, 3.8) is 0 Å². The molecule has 4 nitrogen and oxygen atoms in total. The highest BCUT2D eigenvalue weighted by atomic mass is 32.2. The Morgan fingerprint density at radius 2 is 1.65 bits per heavy atom. The third kappa shape index (κ3) is 3.28. The number of hydrogen-bond acceptors (Lipinski definition) is 4. The number of benzene rings is 1. The van der Waals surface area contributed by atoms with Crippen LogP contribution in [0.4, 0.5) is 0 Å². The Balaban J connectivity index is 2.10. The Hall–Kier alpha value is -0.910. The van der Waals surface area contributed by atoms with E-state index in [1.165, 1.54) is 0 Å². The lowest BCUT2D eigenvalue weighted by atomic mass is 10.2. The number of rotatable bonds is 3. The second-order valence-electron chi connectivity index (χ2n) is 4.33. The molecule has 1 aromatic carbocycles. The van der Waals surface area contributed by atoms with Gasteiger partial charge in [0.05, 0.1) is 4.90 Å². The zero-order valence-electron chi connectivity index (χ0n) is 9.93. The second-order valence-corrected chi connectivity index (χ2v) is 5.86. The van der Waals surface area contributed by atoms with Crippen LogP contribution in [0.1, 0.15) is 24.8 Å². The van der Waals surface area contributed by atoms with Crippen molar-refractivity contribution in [2.45, 2.75) is 31.1 Å². The number of hydroxylamine groups is 2. The van der Waals surface area contributed by atoms with Gasteiger partial charge in [0.15, 0.2) is 0 Å². The van der Waals surface area contributed by atoms with Crippen LogP contribution >= 0.6 is 0 Å². The summed E-state index contributed by atoms with van der Waals surface area (Å²) < 4.78 is 29.0. The fraction of sp³-hybridized carbons (Fsp3) is 0.500. The van der Waals surface area contributed by atoms with Crippen molar-refractivity contribution >= 4 is 10.1 Å². The van der Waals surface area contributed by atoms with E-state index in [1.54, 1.807) is 29.3 Å². The molecule has 1 aliphatic heterocycles. The molecule has 0 bridgehead atoms. The minimum Gasteiger partial charge on any atom is -0.192 e. The highest BCUT2D eigenvalue weighted by Gasteiger charge is 2.21. The van der Waals surface area contributed by atoms with Gasteiger partial charge in [-0.05, 0) is 31.9 Å². The molecule has 0 saturated carbocycles. The molecule has 0 amide bonds. The number of piperidine rings is 1. The van der Waals surface area contributed by atoms with Crippen LogP contribution in [-0.4, -0.2) is 26.6 Å². The van der Waals surface area contributed by atoms with E-state index >= 15 is 0 Å². The Bertz CT molecular complexity index is 461. The third-order valence-corrected chi connectivity index (χ3v) is 4.08. The first-order chi connectivity index (χ1) is 8.08. The van der Waals surface area contributed by atoms with E-state index in [0.29, 0.717) is 13.1 Å². The van der Waals surface area contributed by atoms with Gasteiger partial charge in [-0.3, -0.25) is 0 Å². The molecule has 1 aromatic rings. The zero-order valence-corrected chi connectivity index (χ0v) is 10.7. The van der Waals surface area contributed by atoms with E-state index < -0.39 is 10.1 Å². The summed E-state index contributed by atoms with van der Waals surface area (Å²) in [6.07, 6.45) is 3.12. The van der Waals surface area contributed by atoms with Gasteiger partial charge in [0.2, 0.25) is 0 Å². The first-order valence-corrected chi connectivity index (χ1v) is 7.25. The summed E-state index contributed by atoms with van der Waals surface area (Å²) >= 11 is 0. The van der Waals surface area contributed by atoms with Crippen LogP contribution < -0.4 is 0 Å². The standard InChI is InChI=1S/C12H17NO3S/c1-11-5-7-12(8-6-11)17(14,15)16-13-9-3-2-4-10-13/h5-8H,2-4,9-10H2,1H3. The molecule has 5 heteroatoms. The molecule has 1 heterocycles. The van der Waals surface area contributed by atoms with E-state index in [4.69, 9.17) is 4.28 Å². The zero-order chi connectivity index (χ0) is 12.3. The van der Waals surface area contributed by atoms with Gasteiger partial charge < -0.3 is 0 Å². The largest absolute Gasteiger partial charge is 0.313 e. The summed E-state index contributed by atoms with van der Waals surface area (Å²) in [5, 5.41) is 1.54.